The lowest BCUT2D eigenvalue weighted by Gasteiger charge is -2.23. The van der Waals surface area contributed by atoms with Crippen molar-refractivity contribution in [3.63, 3.8) is 0 Å². The molecule has 0 aliphatic rings. The molecular weight excluding hydrogens is 375 g/mol. The largest absolute Gasteiger partial charge is 0.458 e. The lowest BCUT2D eigenvalue weighted by molar-refractivity contribution is -0.158. The minimum absolute atomic E-state index is 0.221. The van der Waals surface area contributed by atoms with Gasteiger partial charge in [-0.05, 0) is 45.9 Å². The van der Waals surface area contributed by atoms with Crippen LogP contribution in [0.4, 0.5) is 0 Å². The van der Waals surface area contributed by atoms with Gasteiger partial charge in [-0.2, -0.15) is 5.26 Å². The Morgan fingerprint density at radius 3 is 2.46 bits per heavy atom. The summed E-state index contributed by atoms with van der Waals surface area (Å²) in [6.45, 7) is 6.81. The number of hydrogen-bond donors (Lipinski definition) is 0. The summed E-state index contributed by atoms with van der Waals surface area (Å²) in [6, 6.07) is 7.21. The first-order valence-electron chi connectivity index (χ1n) is 7.88. The minimum atomic E-state index is -0.844. The molecule has 0 saturated heterocycles. The van der Waals surface area contributed by atoms with Crippen LogP contribution in [0.5, 0.6) is 0 Å². The molecule has 0 spiro atoms. The second-order valence-corrected chi connectivity index (χ2v) is 7.64. The van der Waals surface area contributed by atoms with E-state index < -0.39 is 23.2 Å². The highest BCUT2D eigenvalue weighted by molar-refractivity contribution is 6.33. The predicted molar refractivity (Wildman–Crippen MR) is 101 cm³/mol. The first-order chi connectivity index (χ1) is 12.0. The van der Waals surface area contributed by atoms with Gasteiger partial charge in [0.05, 0.1) is 16.7 Å². The lowest BCUT2D eigenvalue weighted by Crippen LogP contribution is -2.33. The van der Waals surface area contributed by atoms with Crippen molar-refractivity contribution in [3.05, 3.63) is 56.4 Å². The molecule has 26 heavy (non-hydrogen) atoms. The van der Waals surface area contributed by atoms with Gasteiger partial charge in [0, 0.05) is 28.4 Å². The fraction of sp³-hybridized carbons (Fsp3) is 0.316. The van der Waals surface area contributed by atoms with Gasteiger partial charge in [-0.25, -0.2) is 4.79 Å². The Labute approximate surface area is 161 Å². The summed E-state index contributed by atoms with van der Waals surface area (Å²) in [5.74, 6) is -0.538. The molecular formula is C19H18Cl2N2O3. The number of ether oxygens (including phenoxy) is 1. The average Bonchev–Trinajstić information content (AvgIpc) is 2.54. The number of rotatable bonds is 3. The number of halogens is 2. The number of pyridine rings is 1. The van der Waals surface area contributed by atoms with E-state index in [9.17, 15) is 14.9 Å². The van der Waals surface area contributed by atoms with Crippen LogP contribution >= 0.6 is 23.2 Å². The topological polar surface area (TPSA) is 72.1 Å². The monoisotopic (exact) mass is 392 g/mol. The Kier molecular flexibility index (Phi) is 5.80. The van der Waals surface area contributed by atoms with Crippen LogP contribution in [0.2, 0.25) is 10.0 Å². The quantitative estimate of drug-likeness (QED) is 0.715. The van der Waals surface area contributed by atoms with Crippen LogP contribution in [0.15, 0.2) is 35.3 Å². The molecule has 136 valence electrons. The summed E-state index contributed by atoms with van der Waals surface area (Å²) in [4.78, 5) is 24.8. The van der Waals surface area contributed by atoms with Crippen molar-refractivity contribution in [1.82, 2.24) is 4.57 Å². The first kappa shape index (κ1) is 20.0. The van der Waals surface area contributed by atoms with Gasteiger partial charge in [-0.1, -0.05) is 23.2 Å². The second-order valence-electron chi connectivity index (χ2n) is 6.79. The summed E-state index contributed by atoms with van der Waals surface area (Å²) in [7, 11) is 0. The summed E-state index contributed by atoms with van der Waals surface area (Å²) in [5.41, 5.74) is 0.0732. The summed E-state index contributed by atoms with van der Waals surface area (Å²) < 4.78 is 6.52. The number of benzene rings is 1. The van der Waals surface area contributed by atoms with Crippen LogP contribution in [0.25, 0.3) is 11.1 Å². The van der Waals surface area contributed by atoms with Crippen LogP contribution in [0, 0.1) is 11.3 Å². The SMILES string of the molecule is CC(C(=O)OC(C)(C)C)n1cc(Cl)c(-c2cc(Cl)ccc2C#N)cc1=O. The van der Waals surface area contributed by atoms with Gasteiger partial charge in [0.25, 0.3) is 5.56 Å². The molecule has 1 unspecified atom stereocenters. The standard InChI is InChI=1S/C19H18Cl2N2O3/c1-11(18(25)26-19(2,3)4)23-10-16(21)15(8-17(23)24)14-7-13(20)6-5-12(14)9-22/h5-8,10-11H,1-4H3. The zero-order chi connectivity index (χ0) is 19.6. The van der Waals surface area contributed by atoms with Gasteiger partial charge in [-0.3, -0.25) is 9.36 Å². The Balaban J connectivity index is 2.50. The first-order valence-corrected chi connectivity index (χ1v) is 8.63. The average molecular weight is 393 g/mol. The molecule has 0 fully saturated rings. The molecule has 2 aromatic rings. The highest BCUT2D eigenvalue weighted by Gasteiger charge is 2.24. The van der Waals surface area contributed by atoms with Crippen LogP contribution in [0.3, 0.4) is 0 Å². The van der Waals surface area contributed by atoms with Gasteiger partial charge >= 0.3 is 5.97 Å². The number of aromatic nitrogens is 1. The molecule has 1 aromatic heterocycles. The molecule has 1 heterocycles. The van der Waals surface area contributed by atoms with Crippen molar-refractivity contribution in [2.45, 2.75) is 39.3 Å². The minimum Gasteiger partial charge on any atom is -0.458 e. The molecule has 0 N–H and O–H groups in total. The number of carbonyl (C=O) groups excluding carboxylic acids is 1. The number of nitrogens with zero attached hydrogens (tertiary/aromatic N) is 2. The van der Waals surface area contributed by atoms with E-state index in [0.29, 0.717) is 21.7 Å². The van der Waals surface area contributed by atoms with Crippen molar-refractivity contribution in [3.8, 4) is 17.2 Å². The van der Waals surface area contributed by atoms with Crippen molar-refractivity contribution in [2.75, 3.05) is 0 Å². The molecule has 7 heteroatoms. The summed E-state index contributed by atoms with van der Waals surface area (Å²) in [6.07, 6.45) is 1.37. The third-order valence-corrected chi connectivity index (χ3v) is 4.13. The summed E-state index contributed by atoms with van der Waals surface area (Å²) in [5, 5.41) is 9.91. The number of nitriles is 1. The predicted octanol–water partition coefficient (Wildman–Crippen LogP) is 4.60. The zero-order valence-corrected chi connectivity index (χ0v) is 16.4. The lowest BCUT2D eigenvalue weighted by atomic mass is 10.0. The molecule has 0 aliphatic carbocycles. The van der Waals surface area contributed by atoms with Gasteiger partial charge in [0.2, 0.25) is 0 Å². The van der Waals surface area contributed by atoms with Gasteiger partial charge in [-0.15, -0.1) is 0 Å². The number of hydrogen-bond acceptors (Lipinski definition) is 4. The second kappa shape index (κ2) is 7.53. The Hall–Kier alpha value is -2.29. The Morgan fingerprint density at radius 1 is 1.23 bits per heavy atom. The van der Waals surface area contributed by atoms with E-state index in [2.05, 4.69) is 0 Å². The highest BCUT2D eigenvalue weighted by atomic mass is 35.5. The highest BCUT2D eigenvalue weighted by Crippen LogP contribution is 2.31. The maximum absolute atomic E-state index is 12.5. The molecule has 2 rings (SSSR count). The molecule has 1 aromatic carbocycles. The van der Waals surface area contributed by atoms with Gasteiger partial charge in [0.15, 0.2) is 0 Å². The van der Waals surface area contributed by atoms with Crippen LogP contribution < -0.4 is 5.56 Å². The molecule has 5 nitrogen and oxygen atoms in total. The Bertz CT molecular complexity index is 953. The zero-order valence-electron chi connectivity index (χ0n) is 14.8. The molecule has 1 atom stereocenters. The van der Waals surface area contributed by atoms with E-state index in [1.807, 2.05) is 6.07 Å². The van der Waals surface area contributed by atoms with Crippen LogP contribution in [-0.4, -0.2) is 16.1 Å². The van der Waals surface area contributed by atoms with E-state index in [1.165, 1.54) is 16.8 Å². The van der Waals surface area contributed by atoms with E-state index in [0.717, 1.165) is 0 Å². The fourth-order valence-electron chi connectivity index (χ4n) is 2.37. The molecule has 0 saturated carbocycles. The van der Waals surface area contributed by atoms with Crippen molar-refractivity contribution < 1.29 is 9.53 Å². The molecule has 0 radical (unpaired) electrons. The maximum atomic E-state index is 12.5. The van der Waals surface area contributed by atoms with E-state index >= 15 is 0 Å². The van der Waals surface area contributed by atoms with E-state index in [1.54, 1.807) is 45.9 Å². The maximum Gasteiger partial charge on any atom is 0.329 e. The number of esters is 1. The fourth-order valence-corrected chi connectivity index (χ4v) is 2.80. The molecule has 0 aliphatic heterocycles. The van der Waals surface area contributed by atoms with Gasteiger partial charge < -0.3 is 4.74 Å². The smallest absolute Gasteiger partial charge is 0.329 e. The van der Waals surface area contributed by atoms with Crippen molar-refractivity contribution >= 4 is 29.2 Å². The Morgan fingerprint density at radius 2 is 1.88 bits per heavy atom. The molecule has 0 amide bonds. The number of carbonyl (C=O) groups is 1. The van der Waals surface area contributed by atoms with Crippen LogP contribution in [-0.2, 0) is 9.53 Å². The summed E-state index contributed by atoms with van der Waals surface area (Å²) >= 11 is 12.3. The van der Waals surface area contributed by atoms with E-state index in [-0.39, 0.29) is 5.02 Å². The molecule has 0 bridgehead atoms. The van der Waals surface area contributed by atoms with Crippen LogP contribution in [0.1, 0.15) is 39.3 Å². The third kappa shape index (κ3) is 4.46. The van der Waals surface area contributed by atoms with E-state index in [4.69, 9.17) is 27.9 Å². The third-order valence-electron chi connectivity index (χ3n) is 3.59. The van der Waals surface area contributed by atoms with Crippen molar-refractivity contribution in [1.29, 1.82) is 5.26 Å². The van der Waals surface area contributed by atoms with Gasteiger partial charge in [0.1, 0.15) is 11.6 Å². The van der Waals surface area contributed by atoms with Crippen molar-refractivity contribution in [2.24, 2.45) is 0 Å². The normalized spacial score (nSPS) is 12.3.